The Kier molecular flexibility index (Phi) is 9.22. The second-order valence-electron chi connectivity index (χ2n) is 14.0. The van der Waals surface area contributed by atoms with Crippen molar-refractivity contribution in [2.45, 2.75) is 90.9 Å². The van der Waals surface area contributed by atoms with Crippen LogP contribution in [-0.2, 0) is 10.8 Å². The van der Waals surface area contributed by atoms with Crippen LogP contribution in [0, 0.1) is 0 Å². The Morgan fingerprint density at radius 3 is 2.20 bits per heavy atom. The first-order valence-corrected chi connectivity index (χ1v) is 17.4. The Morgan fingerprint density at radius 1 is 0.739 bits per heavy atom. The molecule has 0 N–H and O–H groups in total. The number of hydrogen-bond acceptors (Lipinski definition) is 2. The molecule has 0 bridgehead atoms. The summed E-state index contributed by atoms with van der Waals surface area (Å²) in [7, 11) is 0. The maximum atomic E-state index is 6.74. The lowest BCUT2D eigenvalue weighted by atomic mass is 9.81. The number of para-hydroxylation sites is 3. The van der Waals surface area contributed by atoms with E-state index in [4.69, 9.17) is 4.74 Å². The van der Waals surface area contributed by atoms with Crippen LogP contribution in [0.2, 0.25) is 0 Å². The Bertz CT molecular complexity index is 1730. The van der Waals surface area contributed by atoms with Crippen molar-refractivity contribution in [3.63, 3.8) is 0 Å². The van der Waals surface area contributed by atoms with Gasteiger partial charge in [-0.3, -0.25) is 0 Å². The topological polar surface area (TPSA) is 15.5 Å². The minimum Gasteiger partial charge on any atom is -0.457 e. The second-order valence-corrected chi connectivity index (χ2v) is 14.0. The van der Waals surface area contributed by atoms with E-state index in [9.17, 15) is 0 Å². The molecule has 0 aromatic heterocycles. The zero-order chi connectivity index (χ0) is 32.3. The molecule has 0 spiro atoms. The lowest BCUT2D eigenvalue weighted by Gasteiger charge is -2.27. The lowest BCUT2D eigenvalue weighted by molar-refractivity contribution is -0.438. The molecule has 0 saturated carbocycles. The predicted molar refractivity (Wildman–Crippen MR) is 195 cm³/mol. The van der Waals surface area contributed by atoms with Gasteiger partial charge in [-0.05, 0) is 80.2 Å². The number of unbranched alkanes of at least 4 members (excludes halogenated alkanes) is 2. The van der Waals surface area contributed by atoms with Gasteiger partial charge >= 0.3 is 0 Å². The van der Waals surface area contributed by atoms with E-state index in [1.165, 1.54) is 70.7 Å². The first-order chi connectivity index (χ1) is 22.3. The van der Waals surface area contributed by atoms with E-state index in [1.807, 2.05) is 6.07 Å². The molecule has 6 rings (SSSR count). The molecule has 2 heterocycles. The molecule has 2 aliphatic heterocycles. The summed E-state index contributed by atoms with van der Waals surface area (Å²) in [5.74, 6) is 1.88. The van der Waals surface area contributed by atoms with Crippen LogP contribution in [0.4, 0.5) is 11.4 Å². The third-order valence-electron chi connectivity index (χ3n) is 10.2. The number of fused-ring (bicyclic) bond motifs is 2. The van der Waals surface area contributed by atoms with Gasteiger partial charge in [0.05, 0.1) is 5.41 Å². The number of benzene rings is 3. The average molecular weight is 612 g/mol. The van der Waals surface area contributed by atoms with Gasteiger partial charge in [-0.1, -0.05) is 101 Å². The molecule has 3 aromatic carbocycles. The van der Waals surface area contributed by atoms with Gasteiger partial charge in [-0.2, -0.15) is 4.58 Å². The summed E-state index contributed by atoms with van der Waals surface area (Å²) in [6.07, 6.45) is 16.1. The number of ether oxygens (including phenoxy) is 1. The van der Waals surface area contributed by atoms with Crippen molar-refractivity contribution < 1.29 is 9.31 Å². The zero-order valence-electron chi connectivity index (χ0n) is 28.8. The van der Waals surface area contributed by atoms with E-state index in [-0.39, 0.29) is 10.8 Å². The second kappa shape index (κ2) is 13.3. The molecule has 3 aliphatic rings. The number of anilines is 1. The quantitative estimate of drug-likeness (QED) is 0.200. The highest BCUT2D eigenvalue weighted by molar-refractivity contribution is 6.03. The van der Waals surface area contributed by atoms with Gasteiger partial charge in [-0.25, -0.2) is 0 Å². The highest BCUT2D eigenvalue weighted by Gasteiger charge is 2.44. The fourth-order valence-corrected chi connectivity index (χ4v) is 7.51. The van der Waals surface area contributed by atoms with Crippen molar-refractivity contribution in [3.8, 4) is 5.75 Å². The van der Waals surface area contributed by atoms with Crippen LogP contribution < -0.4 is 9.64 Å². The molecular weight excluding hydrogens is 560 g/mol. The number of allylic oxidation sites excluding steroid dienone is 7. The van der Waals surface area contributed by atoms with Crippen molar-refractivity contribution in [3.05, 3.63) is 137 Å². The van der Waals surface area contributed by atoms with Crippen LogP contribution in [0.3, 0.4) is 0 Å². The Hall–Kier alpha value is -4.11. The molecule has 1 aliphatic carbocycles. The van der Waals surface area contributed by atoms with Crippen LogP contribution in [0.5, 0.6) is 5.75 Å². The first-order valence-electron chi connectivity index (χ1n) is 17.4. The molecule has 3 heteroatoms. The first kappa shape index (κ1) is 31.9. The summed E-state index contributed by atoms with van der Waals surface area (Å²) in [4.78, 5) is 2.55. The number of nitrogens with zero attached hydrogens (tertiary/aromatic N) is 2. The van der Waals surface area contributed by atoms with E-state index >= 15 is 0 Å². The lowest BCUT2D eigenvalue weighted by Crippen LogP contribution is -2.28. The Balaban J connectivity index is 1.41. The summed E-state index contributed by atoms with van der Waals surface area (Å²) in [6.45, 7) is 16.1. The molecule has 0 unspecified atom stereocenters. The van der Waals surface area contributed by atoms with Gasteiger partial charge in [0.1, 0.15) is 18.1 Å². The van der Waals surface area contributed by atoms with Crippen LogP contribution in [0.1, 0.15) is 91.2 Å². The van der Waals surface area contributed by atoms with Gasteiger partial charge in [0.2, 0.25) is 5.69 Å². The van der Waals surface area contributed by atoms with Crippen molar-refractivity contribution in [1.29, 1.82) is 0 Å². The van der Waals surface area contributed by atoms with E-state index in [0.29, 0.717) is 0 Å². The molecule has 3 aromatic rings. The van der Waals surface area contributed by atoms with Gasteiger partial charge in [0.15, 0.2) is 5.71 Å². The SMILES string of the molecule is CCCCN1/C(=C/C=C2\CCC(/C=C/C3=[N+](CCCC)c4ccccc4C3(C)C)=C2Oc2ccccc2)C(C)(C)c2ccccc21. The molecule has 0 radical (unpaired) electrons. The van der Waals surface area contributed by atoms with Crippen LogP contribution >= 0.6 is 0 Å². The fourth-order valence-electron chi connectivity index (χ4n) is 7.51. The zero-order valence-corrected chi connectivity index (χ0v) is 28.8. The van der Waals surface area contributed by atoms with E-state index in [1.54, 1.807) is 0 Å². The van der Waals surface area contributed by atoms with E-state index in [2.05, 4.69) is 148 Å². The highest BCUT2D eigenvalue weighted by atomic mass is 16.5. The molecule has 0 saturated heterocycles. The van der Waals surface area contributed by atoms with Crippen molar-refractivity contribution in [2.75, 3.05) is 18.0 Å². The molecule has 0 fully saturated rings. The number of rotatable bonds is 11. The Morgan fingerprint density at radius 2 is 1.43 bits per heavy atom. The Labute approximate surface area is 277 Å². The van der Waals surface area contributed by atoms with Crippen molar-refractivity contribution in [2.24, 2.45) is 0 Å². The van der Waals surface area contributed by atoms with Crippen LogP contribution in [-0.4, -0.2) is 23.4 Å². The normalized spacial score (nSPS) is 20.0. The monoisotopic (exact) mass is 611 g/mol. The summed E-state index contributed by atoms with van der Waals surface area (Å²) < 4.78 is 9.29. The predicted octanol–water partition coefficient (Wildman–Crippen LogP) is 11.0. The summed E-state index contributed by atoms with van der Waals surface area (Å²) >= 11 is 0. The van der Waals surface area contributed by atoms with Gasteiger partial charge in [0.25, 0.3) is 0 Å². The van der Waals surface area contributed by atoms with E-state index < -0.39 is 0 Å². The maximum Gasteiger partial charge on any atom is 0.209 e. The summed E-state index contributed by atoms with van der Waals surface area (Å²) in [6, 6.07) is 28.1. The van der Waals surface area contributed by atoms with E-state index in [0.717, 1.165) is 37.4 Å². The maximum absolute atomic E-state index is 6.74. The standard InChI is InChI=1S/C43H51N2O/c1-7-9-30-44-37-22-16-14-20-35(37)42(3,4)39(44)28-26-32-24-25-33(41(32)46-34-18-12-11-13-19-34)27-29-40-43(5,6)36-21-15-17-23-38(36)45(40)31-10-8-2/h11-23,26-29H,7-10,24-25,30-31H2,1-6H3/q+1. The largest absolute Gasteiger partial charge is 0.457 e. The molecule has 238 valence electrons. The van der Waals surface area contributed by atoms with Gasteiger partial charge < -0.3 is 9.64 Å². The summed E-state index contributed by atoms with van der Waals surface area (Å²) in [5.41, 5.74) is 10.7. The van der Waals surface area contributed by atoms with Crippen LogP contribution in [0.15, 0.2) is 126 Å². The highest BCUT2D eigenvalue weighted by Crippen LogP contribution is 2.48. The third-order valence-corrected chi connectivity index (χ3v) is 10.2. The van der Waals surface area contributed by atoms with Crippen molar-refractivity contribution >= 4 is 17.1 Å². The van der Waals surface area contributed by atoms with Gasteiger partial charge in [0, 0.05) is 47.5 Å². The molecule has 46 heavy (non-hydrogen) atoms. The van der Waals surface area contributed by atoms with Gasteiger partial charge in [-0.15, -0.1) is 0 Å². The molecule has 3 nitrogen and oxygen atoms in total. The van der Waals surface area contributed by atoms with Crippen LogP contribution in [0.25, 0.3) is 0 Å². The molecule has 0 atom stereocenters. The van der Waals surface area contributed by atoms with Crippen molar-refractivity contribution in [1.82, 2.24) is 0 Å². The molecule has 0 amide bonds. The summed E-state index contributed by atoms with van der Waals surface area (Å²) in [5, 5.41) is 0. The minimum absolute atomic E-state index is 0.0610. The third kappa shape index (κ3) is 5.93. The number of hydrogen-bond donors (Lipinski definition) is 0. The fraction of sp³-hybridized carbons (Fsp3) is 0.372. The smallest absolute Gasteiger partial charge is 0.209 e. The average Bonchev–Trinajstić information content (AvgIpc) is 3.62. The minimum atomic E-state index is -0.0610. The molecular formula is C43H51N2O+.